The van der Waals surface area contributed by atoms with Crippen LogP contribution in [0.3, 0.4) is 0 Å². The lowest BCUT2D eigenvalue weighted by Crippen LogP contribution is -2.13. The first-order chi connectivity index (χ1) is 8.56. The van der Waals surface area contributed by atoms with Crippen LogP contribution in [0.15, 0.2) is 12.1 Å². The second-order valence-corrected chi connectivity index (χ2v) is 5.02. The number of nitrogens with zero attached hydrogens (tertiary/aromatic N) is 2. The van der Waals surface area contributed by atoms with Gasteiger partial charge in [-0.2, -0.15) is 0 Å². The number of nitrogen functional groups attached to an aromatic ring is 1. The fourth-order valence-corrected chi connectivity index (χ4v) is 2.48. The maximum atomic E-state index is 10.6. The molecule has 1 aromatic rings. The summed E-state index contributed by atoms with van der Waals surface area (Å²) >= 11 is 0. The molecular formula is C12H18N4O2. The van der Waals surface area contributed by atoms with Crippen molar-refractivity contribution in [3.05, 3.63) is 22.2 Å². The van der Waals surface area contributed by atoms with Crippen molar-refractivity contribution in [1.29, 1.82) is 0 Å². The molecule has 6 nitrogen and oxygen atoms in total. The van der Waals surface area contributed by atoms with Crippen LogP contribution in [-0.2, 0) is 0 Å². The molecule has 0 bridgehead atoms. The van der Waals surface area contributed by atoms with Crippen molar-refractivity contribution >= 4 is 17.3 Å². The molecule has 1 saturated carbocycles. The van der Waals surface area contributed by atoms with Crippen molar-refractivity contribution in [2.24, 2.45) is 11.8 Å². The van der Waals surface area contributed by atoms with Gasteiger partial charge in [0.25, 0.3) is 0 Å². The minimum absolute atomic E-state index is 0.0372. The Morgan fingerprint density at radius 3 is 2.89 bits per heavy atom. The van der Waals surface area contributed by atoms with Crippen molar-refractivity contribution < 1.29 is 4.92 Å². The highest BCUT2D eigenvalue weighted by molar-refractivity contribution is 5.57. The zero-order valence-electron chi connectivity index (χ0n) is 10.4. The van der Waals surface area contributed by atoms with E-state index in [2.05, 4.69) is 17.2 Å². The predicted molar refractivity (Wildman–Crippen MR) is 70.3 cm³/mol. The summed E-state index contributed by atoms with van der Waals surface area (Å²) in [7, 11) is 0. The van der Waals surface area contributed by atoms with E-state index in [-0.39, 0.29) is 11.5 Å². The number of hydrogen-bond donors (Lipinski definition) is 2. The first kappa shape index (κ1) is 12.6. The summed E-state index contributed by atoms with van der Waals surface area (Å²) in [5.74, 6) is 2.03. The van der Waals surface area contributed by atoms with Crippen molar-refractivity contribution in [2.45, 2.75) is 26.2 Å². The second-order valence-electron chi connectivity index (χ2n) is 5.02. The van der Waals surface area contributed by atoms with Gasteiger partial charge in [0, 0.05) is 12.6 Å². The quantitative estimate of drug-likeness (QED) is 0.632. The summed E-state index contributed by atoms with van der Waals surface area (Å²) in [6.07, 6.45) is 3.74. The van der Waals surface area contributed by atoms with E-state index in [0.29, 0.717) is 11.7 Å². The van der Waals surface area contributed by atoms with Gasteiger partial charge in [-0.25, -0.2) is 4.98 Å². The summed E-state index contributed by atoms with van der Waals surface area (Å²) in [5, 5.41) is 13.8. The van der Waals surface area contributed by atoms with Gasteiger partial charge in [0.15, 0.2) is 0 Å². The van der Waals surface area contributed by atoms with E-state index < -0.39 is 4.92 Å². The van der Waals surface area contributed by atoms with E-state index in [0.717, 1.165) is 12.5 Å². The van der Waals surface area contributed by atoms with Crippen LogP contribution in [0.4, 0.5) is 17.3 Å². The molecule has 6 heteroatoms. The molecule has 0 radical (unpaired) electrons. The Bertz CT molecular complexity index is 450. The average molecular weight is 250 g/mol. The number of rotatable bonds is 4. The van der Waals surface area contributed by atoms with Gasteiger partial charge >= 0.3 is 5.69 Å². The lowest BCUT2D eigenvalue weighted by Gasteiger charge is -2.11. The van der Waals surface area contributed by atoms with Crippen LogP contribution in [-0.4, -0.2) is 16.5 Å². The third-order valence-electron chi connectivity index (χ3n) is 3.47. The summed E-state index contributed by atoms with van der Waals surface area (Å²) in [4.78, 5) is 14.1. The molecule has 0 saturated heterocycles. The van der Waals surface area contributed by atoms with Crippen LogP contribution >= 0.6 is 0 Å². The van der Waals surface area contributed by atoms with E-state index in [1.54, 1.807) is 6.07 Å². The van der Waals surface area contributed by atoms with Crippen LogP contribution in [0.2, 0.25) is 0 Å². The summed E-state index contributed by atoms with van der Waals surface area (Å²) in [6, 6.07) is 2.99. The molecule has 1 aliphatic carbocycles. The number of nitro groups is 1. The maximum Gasteiger partial charge on any atom is 0.311 e. The fraction of sp³-hybridized carbons (Fsp3) is 0.583. The Labute approximate surface area is 106 Å². The molecule has 18 heavy (non-hydrogen) atoms. The standard InChI is InChI=1S/C12H18N4O2/c1-8-2-3-9(6-8)7-14-11-5-4-10(16(17)18)12(13)15-11/h4-5,8-9H,2-3,6-7H2,1H3,(H3,13,14,15). The first-order valence-corrected chi connectivity index (χ1v) is 6.21. The molecule has 0 aromatic carbocycles. The first-order valence-electron chi connectivity index (χ1n) is 6.21. The van der Waals surface area contributed by atoms with Crippen molar-refractivity contribution in [3.63, 3.8) is 0 Å². The molecule has 1 aromatic heterocycles. The van der Waals surface area contributed by atoms with E-state index in [4.69, 9.17) is 5.73 Å². The van der Waals surface area contributed by atoms with Gasteiger partial charge in [0.2, 0.25) is 5.82 Å². The summed E-state index contributed by atoms with van der Waals surface area (Å²) < 4.78 is 0. The van der Waals surface area contributed by atoms with E-state index in [1.807, 2.05) is 0 Å². The van der Waals surface area contributed by atoms with Crippen LogP contribution in [0.5, 0.6) is 0 Å². The monoisotopic (exact) mass is 250 g/mol. The zero-order valence-corrected chi connectivity index (χ0v) is 10.4. The largest absolute Gasteiger partial charge is 0.378 e. The van der Waals surface area contributed by atoms with Gasteiger partial charge in [0.05, 0.1) is 4.92 Å². The van der Waals surface area contributed by atoms with Crippen molar-refractivity contribution in [2.75, 3.05) is 17.6 Å². The number of anilines is 2. The molecule has 1 heterocycles. The van der Waals surface area contributed by atoms with Crippen molar-refractivity contribution in [3.8, 4) is 0 Å². The number of aromatic nitrogens is 1. The van der Waals surface area contributed by atoms with Crippen molar-refractivity contribution in [1.82, 2.24) is 4.98 Å². The van der Waals surface area contributed by atoms with Gasteiger partial charge in [-0.1, -0.05) is 13.3 Å². The Morgan fingerprint density at radius 1 is 1.56 bits per heavy atom. The molecule has 0 aliphatic heterocycles. The molecule has 0 spiro atoms. The normalized spacial score (nSPS) is 22.9. The Balaban J connectivity index is 1.94. The van der Waals surface area contributed by atoms with Gasteiger partial charge < -0.3 is 11.1 Å². The molecule has 2 unspecified atom stereocenters. The Hall–Kier alpha value is -1.85. The number of hydrogen-bond acceptors (Lipinski definition) is 5. The van der Waals surface area contributed by atoms with Crippen LogP contribution in [0.1, 0.15) is 26.2 Å². The van der Waals surface area contributed by atoms with Gasteiger partial charge in [-0.05, 0) is 30.7 Å². The third kappa shape index (κ3) is 2.88. The second kappa shape index (κ2) is 5.20. The highest BCUT2D eigenvalue weighted by Gasteiger charge is 2.21. The molecule has 1 aliphatic rings. The zero-order chi connectivity index (χ0) is 13.1. The molecule has 98 valence electrons. The smallest absolute Gasteiger partial charge is 0.311 e. The summed E-state index contributed by atoms with van der Waals surface area (Å²) in [6.45, 7) is 3.12. The maximum absolute atomic E-state index is 10.6. The SMILES string of the molecule is CC1CCC(CNc2ccc([N+](=O)[O-])c(N)n2)C1. The Morgan fingerprint density at radius 2 is 2.33 bits per heavy atom. The number of nitrogens with one attached hydrogen (secondary N) is 1. The number of nitrogens with two attached hydrogens (primary N) is 1. The van der Waals surface area contributed by atoms with E-state index >= 15 is 0 Å². The molecule has 3 N–H and O–H groups in total. The van der Waals surface area contributed by atoms with Gasteiger partial charge in [-0.15, -0.1) is 0 Å². The minimum atomic E-state index is -0.523. The third-order valence-corrected chi connectivity index (χ3v) is 3.47. The molecule has 2 atom stereocenters. The van der Waals surface area contributed by atoms with Gasteiger partial charge in [0.1, 0.15) is 5.82 Å². The van der Waals surface area contributed by atoms with Gasteiger partial charge in [-0.3, -0.25) is 10.1 Å². The molecule has 0 amide bonds. The average Bonchev–Trinajstić information content (AvgIpc) is 2.72. The number of pyridine rings is 1. The predicted octanol–water partition coefficient (Wildman–Crippen LogP) is 2.42. The van der Waals surface area contributed by atoms with Crippen LogP contribution in [0, 0.1) is 22.0 Å². The fourth-order valence-electron chi connectivity index (χ4n) is 2.48. The molecule has 1 fully saturated rings. The van der Waals surface area contributed by atoms with E-state index in [1.165, 1.54) is 25.3 Å². The lowest BCUT2D eigenvalue weighted by molar-refractivity contribution is -0.384. The lowest BCUT2D eigenvalue weighted by atomic mass is 10.1. The van der Waals surface area contributed by atoms with E-state index in [9.17, 15) is 10.1 Å². The Kier molecular flexibility index (Phi) is 3.64. The van der Waals surface area contributed by atoms with Crippen LogP contribution in [0.25, 0.3) is 0 Å². The topological polar surface area (TPSA) is 94.1 Å². The molecular weight excluding hydrogens is 232 g/mol. The molecule has 2 rings (SSSR count). The summed E-state index contributed by atoms with van der Waals surface area (Å²) in [5.41, 5.74) is 5.39. The highest BCUT2D eigenvalue weighted by Crippen LogP contribution is 2.30. The minimum Gasteiger partial charge on any atom is -0.378 e. The highest BCUT2D eigenvalue weighted by atomic mass is 16.6. The van der Waals surface area contributed by atoms with Crippen LogP contribution < -0.4 is 11.1 Å².